The van der Waals surface area contributed by atoms with Gasteiger partial charge in [0.25, 0.3) is 0 Å². The van der Waals surface area contributed by atoms with E-state index in [4.69, 9.17) is 0 Å². The number of nitrogens with one attached hydrogen (secondary N) is 1. The van der Waals surface area contributed by atoms with E-state index in [2.05, 4.69) is 41.7 Å². The predicted molar refractivity (Wildman–Crippen MR) is 111 cm³/mol. The van der Waals surface area contributed by atoms with Crippen molar-refractivity contribution in [3.8, 4) is 11.1 Å². The van der Waals surface area contributed by atoms with Crippen LogP contribution in [0.4, 0.5) is 0 Å². The molecule has 0 aromatic heterocycles. The maximum atomic E-state index is 12.5. The maximum absolute atomic E-state index is 12.5. The third-order valence-electron chi connectivity index (χ3n) is 5.84. The van der Waals surface area contributed by atoms with Crippen molar-refractivity contribution in [1.82, 2.24) is 10.2 Å². The molecule has 2 aromatic rings. The second-order valence-electron chi connectivity index (χ2n) is 7.73. The molecule has 0 saturated carbocycles. The third kappa shape index (κ3) is 4.01. The predicted octanol–water partition coefficient (Wildman–Crippen LogP) is 3.72. The van der Waals surface area contributed by atoms with E-state index in [1.165, 1.54) is 22.3 Å². The zero-order chi connectivity index (χ0) is 19.5. The van der Waals surface area contributed by atoms with Gasteiger partial charge in [-0.1, -0.05) is 60.2 Å². The van der Waals surface area contributed by atoms with Crippen LogP contribution in [0.25, 0.3) is 11.1 Å². The van der Waals surface area contributed by atoms with Crippen LogP contribution < -0.4 is 5.32 Å². The number of hydrogen-bond donors (Lipinski definition) is 1. The molecule has 2 saturated heterocycles. The van der Waals surface area contributed by atoms with Crippen LogP contribution in [-0.4, -0.2) is 35.8 Å². The van der Waals surface area contributed by atoms with E-state index in [1.807, 2.05) is 23.1 Å². The standard InChI is InChI=1S/C24H26N2O2/c1-17(27)26-13-11-21(12-14-26)23-16-22(25-24(23)28)15-18-7-9-20(10-8-18)19-5-3-2-4-6-19/h2-10,22H,11-16H2,1H3,(H,25,28)/t22-/m1/s1. The highest BCUT2D eigenvalue weighted by Crippen LogP contribution is 2.28. The Morgan fingerprint density at radius 1 is 1.00 bits per heavy atom. The Morgan fingerprint density at radius 3 is 2.29 bits per heavy atom. The van der Waals surface area contributed by atoms with Gasteiger partial charge in [0, 0.05) is 31.6 Å². The lowest BCUT2D eigenvalue weighted by Gasteiger charge is -2.28. The second kappa shape index (κ2) is 8.01. The summed E-state index contributed by atoms with van der Waals surface area (Å²) in [5, 5.41) is 3.15. The van der Waals surface area contributed by atoms with Crippen molar-refractivity contribution in [1.29, 1.82) is 0 Å². The smallest absolute Gasteiger partial charge is 0.247 e. The van der Waals surface area contributed by atoms with E-state index in [1.54, 1.807) is 6.92 Å². The minimum absolute atomic E-state index is 0.0807. The Kier molecular flexibility index (Phi) is 5.29. The number of hydrogen-bond acceptors (Lipinski definition) is 2. The van der Waals surface area contributed by atoms with Crippen molar-refractivity contribution in [2.75, 3.05) is 13.1 Å². The molecule has 0 aliphatic carbocycles. The number of carbonyl (C=O) groups excluding carboxylic acids is 2. The largest absolute Gasteiger partial charge is 0.349 e. The van der Waals surface area contributed by atoms with E-state index in [9.17, 15) is 9.59 Å². The highest BCUT2D eigenvalue weighted by atomic mass is 16.2. The number of nitrogens with zero attached hydrogens (tertiary/aromatic N) is 1. The van der Waals surface area contributed by atoms with E-state index in [0.29, 0.717) is 0 Å². The molecule has 2 amide bonds. The maximum Gasteiger partial charge on any atom is 0.247 e. The first-order chi connectivity index (χ1) is 13.6. The van der Waals surface area contributed by atoms with Crippen LogP contribution in [0.2, 0.25) is 0 Å². The molecule has 1 N–H and O–H groups in total. The molecule has 144 valence electrons. The minimum atomic E-state index is 0.0807. The summed E-state index contributed by atoms with van der Waals surface area (Å²) in [6.07, 6.45) is 3.27. The van der Waals surface area contributed by atoms with Gasteiger partial charge in [0.15, 0.2) is 0 Å². The summed E-state index contributed by atoms with van der Waals surface area (Å²) >= 11 is 0. The Morgan fingerprint density at radius 2 is 1.64 bits per heavy atom. The highest BCUT2D eigenvalue weighted by Gasteiger charge is 2.30. The van der Waals surface area contributed by atoms with Crippen LogP contribution >= 0.6 is 0 Å². The Bertz CT molecular complexity index is 890. The minimum Gasteiger partial charge on any atom is -0.349 e. The summed E-state index contributed by atoms with van der Waals surface area (Å²) in [6.45, 7) is 3.07. The second-order valence-corrected chi connectivity index (χ2v) is 7.73. The van der Waals surface area contributed by atoms with Gasteiger partial charge in [-0.2, -0.15) is 0 Å². The molecule has 2 heterocycles. The number of carbonyl (C=O) groups is 2. The zero-order valence-electron chi connectivity index (χ0n) is 16.3. The molecule has 0 bridgehead atoms. The van der Waals surface area contributed by atoms with Gasteiger partial charge in [0.05, 0.1) is 0 Å². The van der Waals surface area contributed by atoms with Gasteiger partial charge < -0.3 is 10.2 Å². The molecule has 0 radical (unpaired) electrons. The average molecular weight is 374 g/mol. The highest BCUT2D eigenvalue weighted by molar-refractivity contribution is 5.97. The number of benzene rings is 2. The fourth-order valence-corrected chi connectivity index (χ4v) is 4.23. The van der Waals surface area contributed by atoms with Crippen LogP contribution in [0, 0.1) is 0 Å². The first-order valence-electron chi connectivity index (χ1n) is 10.0. The molecule has 4 rings (SSSR count). The van der Waals surface area contributed by atoms with Crippen molar-refractivity contribution in [3.63, 3.8) is 0 Å². The molecular weight excluding hydrogens is 348 g/mol. The molecule has 0 spiro atoms. The van der Waals surface area contributed by atoms with Gasteiger partial charge in [0.1, 0.15) is 0 Å². The first kappa shape index (κ1) is 18.5. The average Bonchev–Trinajstić information content (AvgIpc) is 3.09. The van der Waals surface area contributed by atoms with E-state index in [0.717, 1.165) is 44.3 Å². The number of amides is 2. The summed E-state index contributed by atoms with van der Waals surface area (Å²) in [5.74, 6) is 0.203. The normalized spacial score (nSPS) is 19.7. The van der Waals surface area contributed by atoms with Crippen LogP contribution in [0.5, 0.6) is 0 Å². The van der Waals surface area contributed by atoms with Gasteiger partial charge in [-0.05, 0) is 42.4 Å². The molecule has 2 fully saturated rings. The quantitative estimate of drug-likeness (QED) is 0.833. The Labute approximate surface area is 166 Å². The lowest BCUT2D eigenvalue weighted by atomic mass is 9.94. The van der Waals surface area contributed by atoms with Crippen molar-refractivity contribution in [2.24, 2.45) is 0 Å². The molecule has 2 aliphatic heterocycles. The Hall–Kier alpha value is -2.88. The van der Waals surface area contributed by atoms with E-state index < -0.39 is 0 Å². The molecule has 4 heteroatoms. The van der Waals surface area contributed by atoms with Crippen LogP contribution in [-0.2, 0) is 16.0 Å². The summed E-state index contributed by atoms with van der Waals surface area (Å²) < 4.78 is 0. The van der Waals surface area contributed by atoms with Crippen molar-refractivity contribution in [3.05, 3.63) is 71.3 Å². The van der Waals surface area contributed by atoms with Gasteiger partial charge in [-0.3, -0.25) is 9.59 Å². The first-order valence-corrected chi connectivity index (χ1v) is 10.0. The van der Waals surface area contributed by atoms with Crippen molar-refractivity contribution >= 4 is 11.8 Å². The number of piperidine rings is 1. The lowest BCUT2D eigenvalue weighted by molar-refractivity contribution is -0.129. The lowest BCUT2D eigenvalue weighted by Crippen LogP contribution is -2.35. The van der Waals surface area contributed by atoms with Crippen LogP contribution in [0.15, 0.2) is 65.7 Å². The fourth-order valence-electron chi connectivity index (χ4n) is 4.23. The molecule has 2 aromatic carbocycles. The zero-order valence-corrected chi connectivity index (χ0v) is 16.3. The van der Waals surface area contributed by atoms with Gasteiger partial charge in [-0.25, -0.2) is 0 Å². The summed E-state index contributed by atoms with van der Waals surface area (Å²) in [7, 11) is 0. The summed E-state index contributed by atoms with van der Waals surface area (Å²) in [4.78, 5) is 25.8. The summed E-state index contributed by atoms with van der Waals surface area (Å²) in [5.41, 5.74) is 5.85. The fraction of sp³-hybridized carbons (Fsp3) is 0.333. The van der Waals surface area contributed by atoms with Gasteiger partial charge in [-0.15, -0.1) is 0 Å². The Balaban J connectivity index is 1.40. The molecule has 1 atom stereocenters. The number of rotatable bonds is 3. The molecule has 28 heavy (non-hydrogen) atoms. The van der Waals surface area contributed by atoms with Crippen LogP contribution in [0.1, 0.15) is 31.7 Å². The molecule has 2 aliphatic rings. The van der Waals surface area contributed by atoms with Crippen molar-refractivity contribution in [2.45, 2.75) is 38.6 Å². The topological polar surface area (TPSA) is 49.4 Å². The molecule has 4 nitrogen and oxygen atoms in total. The molecule has 0 unspecified atom stereocenters. The van der Waals surface area contributed by atoms with Crippen molar-refractivity contribution < 1.29 is 9.59 Å². The van der Waals surface area contributed by atoms with Crippen LogP contribution in [0.3, 0.4) is 0 Å². The number of likely N-dealkylation sites (tertiary alicyclic amines) is 1. The van der Waals surface area contributed by atoms with E-state index in [-0.39, 0.29) is 17.9 Å². The third-order valence-corrected chi connectivity index (χ3v) is 5.84. The van der Waals surface area contributed by atoms with Gasteiger partial charge in [0.2, 0.25) is 11.8 Å². The summed E-state index contributed by atoms with van der Waals surface area (Å²) in [6, 6.07) is 19.1. The monoisotopic (exact) mass is 374 g/mol. The molecular formula is C24H26N2O2. The van der Waals surface area contributed by atoms with E-state index >= 15 is 0 Å². The SMILES string of the molecule is CC(=O)N1CCC(=C2C[C@@H](Cc3ccc(-c4ccccc4)cc3)NC2=O)CC1. The van der Waals surface area contributed by atoms with Gasteiger partial charge >= 0.3 is 0 Å².